The molecule has 0 atom stereocenters. The van der Waals surface area contributed by atoms with Gasteiger partial charge < -0.3 is 5.32 Å². The van der Waals surface area contributed by atoms with Crippen molar-refractivity contribution in [2.24, 2.45) is 0 Å². The van der Waals surface area contributed by atoms with Crippen molar-refractivity contribution in [2.75, 3.05) is 19.6 Å². The first kappa shape index (κ1) is 16.9. The lowest BCUT2D eigenvalue weighted by atomic mass is 10.1. The maximum Gasteiger partial charge on any atom is 0.244 e. The van der Waals surface area contributed by atoms with Gasteiger partial charge in [-0.2, -0.15) is 4.31 Å². The largest absolute Gasteiger partial charge is 0.317 e. The second-order valence-electron chi connectivity index (χ2n) is 5.17. The molecule has 21 heavy (non-hydrogen) atoms. The monoisotopic (exact) mass is 378 g/mol. The Morgan fingerprint density at radius 3 is 2.67 bits per heavy atom. The van der Waals surface area contributed by atoms with Crippen LogP contribution in [0.1, 0.15) is 26.2 Å². The maximum absolute atomic E-state index is 13.5. The molecule has 0 saturated carbocycles. The van der Waals surface area contributed by atoms with Crippen molar-refractivity contribution in [1.82, 2.24) is 9.62 Å². The molecule has 1 aromatic carbocycles. The van der Waals surface area contributed by atoms with Crippen molar-refractivity contribution >= 4 is 26.0 Å². The molecular weight excluding hydrogens is 359 g/mol. The summed E-state index contributed by atoms with van der Waals surface area (Å²) in [6, 6.07) is 3.75. The van der Waals surface area contributed by atoms with E-state index in [-0.39, 0.29) is 10.9 Å². The summed E-state index contributed by atoms with van der Waals surface area (Å²) in [7, 11) is -3.70. The van der Waals surface area contributed by atoms with E-state index in [1.165, 1.54) is 16.4 Å². The van der Waals surface area contributed by atoms with E-state index in [4.69, 9.17) is 0 Å². The minimum Gasteiger partial charge on any atom is -0.317 e. The van der Waals surface area contributed by atoms with E-state index in [0.29, 0.717) is 11.0 Å². The fraction of sp³-hybridized carbons (Fsp3) is 0.571. The molecule has 118 valence electrons. The molecule has 1 fully saturated rings. The molecule has 1 heterocycles. The predicted octanol–water partition coefficient (Wildman–Crippen LogP) is 2.74. The summed E-state index contributed by atoms with van der Waals surface area (Å²) in [5, 5.41) is 3.23. The number of nitrogens with zero attached hydrogens (tertiary/aromatic N) is 1. The number of halogens is 2. The van der Waals surface area contributed by atoms with Crippen LogP contribution in [0.4, 0.5) is 4.39 Å². The molecule has 1 saturated heterocycles. The van der Waals surface area contributed by atoms with Crippen molar-refractivity contribution in [3.8, 4) is 0 Å². The van der Waals surface area contributed by atoms with Crippen molar-refractivity contribution in [2.45, 2.75) is 37.1 Å². The van der Waals surface area contributed by atoms with E-state index >= 15 is 0 Å². The van der Waals surface area contributed by atoms with Gasteiger partial charge in [0.2, 0.25) is 10.0 Å². The number of piperidine rings is 1. The third-order valence-electron chi connectivity index (χ3n) is 3.64. The quantitative estimate of drug-likeness (QED) is 0.856. The first-order chi connectivity index (χ1) is 9.96. The molecule has 2 rings (SSSR count). The molecular formula is C14H20BrFN2O2S. The van der Waals surface area contributed by atoms with Gasteiger partial charge in [0.1, 0.15) is 5.82 Å². The Morgan fingerprint density at radius 1 is 1.38 bits per heavy atom. The van der Waals surface area contributed by atoms with Gasteiger partial charge >= 0.3 is 0 Å². The summed E-state index contributed by atoms with van der Waals surface area (Å²) in [5.74, 6) is -0.543. The Kier molecular flexibility index (Phi) is 5.76. The van der Waals surface area contributed by atoms with E-state index in [9.17, 15) is 12.8 Å². The zero-order valence-corrected chi connectivity index (χ0v) is 14.4. The van der Waals surface area contributed by atoms with Gasteiger partial charge in [0.15, 0.2) is 0 Å². The fourth-order valence-electron chi connectivity index (χ4n) is 2.62. The highest BCUT2D eigenvalue weighted by atomic mass is 79.9. The SMILES string of the molecule is CCCN(C1CCNCC1)S(=O)(=O)c1cc(F)ccc1Br. The second kappa shape index (κ2) is 7.17. The van der Waals surface area contributed by atoms with Crippen LogP contribution in [0.3, 0.4) is 0 Å². The van der Waals surface area contributed by atoms with Crippen LogP contribution in [-0.2, 0) is 10.0 Å². The Morgan fingerprint density at radius 2 is 2.05 bits per heavy atom. The standard InChI is InChI=1S/C14H20BrFN2O2S/c1-2-9-18(12-5-7-17-8-6-12)21(19,20)14-10-11(16)3-4-13(14)15/h3-4,10,12,17H,2,5-9H2,1H3. The summed E-state index contributed by atoms with van der Waals surface area (Å²) >= 11 is 3.22. The number of benzene rings is 1. The predicted molar refractivity (Wildman–Crippen MR) is 84.2 cm³/mol. The molecule has 0 bridgehead atoms. The highest BCUT2D eigenvalue weighted by Gasteiger charge is 2.33. The van der Waals surface area contributed by atoms with E-state index in [1.54, 1.807) is 0 Å². The normalized spacial score (nSPS) is 17.3. The van der Waals surface area contributed by atoms with Crippen LogP contribution in [0.2, 0.25) is 0 Å². The third-order valence-corrected chi connectivity index (χ3v) is 6.59. The zero-order valence-electron chi connectivity index (χ0n) is 12.0. The van der Waals surface area contributed by atoms with Crippen LogP contribution in [0, 0.1) is 5.82 Å². The molecule has 7 heteroatoms. The first-order valence-corrected chi connectivity index (χ1v) is 9.37. The molecule has 0 amide bonds. The average molecular weight is 379 g/mol. The van der Waals surface area contributed by atoms with Crippen molar-refractivity contribution in [3.63, 3.8) is 0 Å². The van der Waals surface area contributed by atoms with Crippen molar-refractivity contribution in [1.29, 1.82) is 0 Å². The molecule has 0 spiro atoms. The summed E-state index contributed by atoms with van der Waals surface area (Å²) in [6.45, 7) is 4.02. The Bertz CT molecular complexity index is 589. The summed E-state index contributed by atoms with van der Waals surface area (Å²) in [6.07, 6.45) is 2.30. The first-order valence-electron chi connectivity index (χ1n) is 7.14. The van der Waals surface area contributed by atoms with Crippen molar-refractivity contribution < 1.29 is 12.8 Å². The average Bonchev–Trinajstić information content (AvgIpc) is 2.48. The van der Waals surface area contributed by atoms with E-state index < -0.39 is 15.8 Å². The highest BCUT2D eigenvalue weighted by molar-refractivity contribution is 9.10. The molecule has 1 aromatic rings. The number of hydrogen-bond acceptors (Lipinski definition) is 3. The van der Waals surface area contributed by atoms with Crippen LogP contribution in [-0.4, -0.2) is 38.4 Å². The number of nitrogens with one attached hydrogen (secondary N) is 1. The molecule has 1 N–H and O–H groups in total. The second-order valence-corrected chi connectivity index (χ2v) is 7.88. The lowest BCUT2D eigenvalue weighted by molar-refractivity contribution is 0.262. The van der Waals surface area contributed by atoms with Gasteiger partial charge in [-0.15, -0.1) is 0 Å². The van der Waals surface area contributed by atoms with Crippen LogP contribution in [0.15, 0.2) is 27.6 Å². The third kappa shape index (κ3) is 3.83. The van der Waals surface area contributed by atoms with E-state index in [0.717, 1.165) is 38.4 Å². The van der Waals surface area contributed by atoms with Gasteiger partial charge in [0.25, 0.3) is 0 Å². The smallest absolute Gasteiger partial charge is 0.244 e. The Hall–Kier alpha value is -0.500. The summed E-state index contributed by atoms with van der Waals surface area (Å²) in [4.78, 5) is 0.00878. The Balaban J connectivity index is 2.39. The molecule has 0 radical (unpaired) electrons. The lowest BCUT2D eigenvalue weighted by Gasteiger charge is -2.33. The minimum absolute atomic E-state index is 0.00878. The van der Waals surface area contributed by atoms with Gasteiger partial charge in [0.05, 0.1) is 4.90 Å². The fourth-order valence-corrected chi connectivity index (χ4v) is 5.33. The molecule has 1 aliphatic rings. The summed E-state index contributed by atoms with van der Waals surface area (Å²) in [5.41, 5.74) is 0. The topological polar surface area (TPSA) is 49.4 Å². The van der Waals surface area contributed by atoms with Gasteiger partial charge in [-0.05, 0) is 66.5 Å². The number of rotatable bonds is 5. The van der Waals surface area contributed by atoms with Gasteiger partial charge in [0, 0.05) is 17.1 Å². The van der Waals surface area contributed by atoms with Gasteiger partial charge in [-0.25, -0.2) is 12.8 Å². The minimum atomic E-state index is -3.70. The van der Waals surface area contributed by atoms with Crippen LogP contribution in [0.5, 0.6) is 0 Å². The zero-order chi connectivity index (χ0) is 15.5. The van der Waals surface area contributed by atoms with E-state index in [2.05, 4.69) is 21.2 Å². The molecule has 0 unspecified atom stereocenters. The number of sulfonamides is 1. The van der Waals surface area contributed by atoms with E-state index in [1.807, 2.05) is 6.92 Å². The molecule has 0 aliphatic carbocycles. The lowest BCUT2D eigenvalue weighted by Crippen LogP contribution is -2.46. The molecule has 0 aromatic heterocycles. The summed E-state index contributed by atoms with van der Waals surface area (Å²) < 4.78 is 41.2. The van der Waals surface area contributed by atoms with Crippen LogP contribution >= 0.6 is 15.9 Å². The van der Waals surface area contributed by atoms with Crippen LogP contribution in [0.25, 0.3) is 0 Å². The Labute approximate surface area is 133 Å². The van der Waals surface area contributed by atoms with Gasteiger partial charge in [-0.1, -0.05) is 6.92 Å². The van der Waals surface area contributed by atoms with Gasteiger partial charge in [-0.3, -0.25) is 0 Å². The highest BCUT2D eigenvalue weighted by Crippen LogP contribution is 2.29. The van der Waals surface area contributed by atoms with Crippen LogP contribution < -0.4 is 5.32 Å². The van der Waals surface area contributed by atoms with Crippen molar-refractivity contribution in [3.05, 3.63) is 28.5 Å². The molecule has 1 aliphatic heterocycles. The molecule has 4 nitrogen and oxygen atoms in total. The maximum atomic E-state index is 13.5. The number of hydrogen-bond donors (Lipinski definition) is 1.